The Balaban J connectivity index is 1.80. The Bertz CT molecular complexity index is 809. The van der Waals surface area contributed by atoms with E-state index in [1.54, 1.807) is 0 Å². The first-order valence-electron chi connectivity index (χ1n) is 7.42. The number of anilines is 1. The molecule has 2 heterocycles. The van der Waals surface area contributed by atoms with Crippen LogP contribution >= 0.6 is 11.6 Å². The average molecular weight is 314 g/mol. The molecule has 1 fully saturated rings. The molecule has 0 aliphatic carbocycles. The van der Waals surface area contributed by atoms with Crippen LogP contribution in [0.25, 0.3) is 22.6 Å². The first-order valence-corrected chi connectivity index (χ1v) is 7.80. The van der Waals surface area contributed by atoms with Crippen LogP contribution in [0.4, 0.5) is 5.69 Å². The number of halogens is 1. The molecule has 0 bridgehead atoms. The number of nitrogens with one attached hydrogen (secondary N) is 1. The largest absolute Gasteiger partial charge is 0.436 e. The Labute approximate surface area is 133 Å². The highest BCUT2D eigenvalue weighted by Gasteiger charge is 2.17. The third-order valence-corrected chi connectivity index (χ3v) is 4.16. The molecule has 5 heteroatoms. The minimum Gasteiger partial charge on any atom is -0.436 e. The molecule has 1 aliphatic rings. The highest BCUT2D eigenvalue weighted by Crippen LogP contribution is 2.31. The highest BCUT2D eigenvalue weighted by atomic mass is 35.5. The van der Waals surface area contributed by atoms with Crippen molar-refractivity contribution in [1.82, 2.24) is 10.3 Å². The summed E-state index contributed by atoms with van der Waals surface area (Å²) in [5.74, 6) is 0.611. The minimum absolute atomic E-state index is 0.611. The number of piperazine rings is 1. The van der Waals surface area contributed by atoms with Gasteiger partial charge in [-0.05, 0) is 30.3 Å². The van der Waals surface area contributed by atoms with E-state index < -0.39 is 0 Å². The molecule has 1 N–H and O–H groups in total. The van der Waals surface area contributed by atoms with Crippen LogP contribution in [0.2, 0.25) is 5.02 Å². The second-order valence-electron chi connectivity index (χ2n) is 5.39. The summed E-state index contributed by atoms with van der Waals surface area (Å²) in [6.07, 6.45) is 0. The van der Waals surface area contributed by atoms with Crippen molar-refractivity contribution in [2.24, 2.45) is 0 Å². The van der Waals surface area contributed by atoms with Crippen LogP contribution in [0.1, 0.15) is 0 Å². The molecular weight excluding hydrogens is 298 g/mol. The predicted molar refractivity (Wildman–Crippen MR) is 89.5 cm³/mol. The van der Waals surface area contributed by atoms with Crippen molar-refractivity contribution in [1.29, 1.82) is 0 Å². The number of hydrogen-bond acceptors (Lipinski definition) is 4. The predicted octanol–water partition coefficient (Wildman–Crippen LogP) is 3.56. The van der Waals surface area contributed by atoms with Crippen LogP contribution in [0.3, 0.4) is 0 Å². The van der Waals surface area contributed by atoms with E-state index >= 15 is 0 Å². The SMILES string of the molecule is Clc1cccc(-c2nc3c(N4CCNCC4)cccc3o2)c1. The quantitative estimate of drug-likeness (QED) is 0.785. The molecule has 4 nitrogen and oxygen atoms in total. The lowest BCUT2D eigenvalue weighted by atomic mass is 10.2. The van der Waals surface area contributed by atoms with Crippen molar-refractivity contribution in [2.75, 3.05) is 31.1 Å². The summed E-state index contributed by atoms with van der Waals surface area (Å²) >= 11 is 6.06. The van der Waals surface area contributed by atoms with Gasteiger partial charge in [-0.1, -0.05) is 23.7 Å². The number of hydrogen-bond donors (Lipinski definition) is 1. The zero-order chi connectivity index (χ0) is 14.9. The molecule has 1 saturated heterocycles. The summed E-state index contributed by atoms with van der Waals surface area (Å²) in [4.78, 5) is 7.06. The summed E-state index contributed by atoms with van der Waals surface area (Å²) in [6, 6.07) is 13.7. The first kappa shape index (κ1) is 13.6. The van der Waals surface area contributed by atoms with Gasteiger partial charge in [-0.2, -0.15) is 0 Å². The van der Waals surface area contributed by atoms with Crippen LogP contribution in [-0.4, -0.2) is 31.2 Å². The number of rotatable bonds is 2. The summed E-state index contributed by atoms with van der Waals surface area (Å²) in [7, 11) is 0. The van der Waals surface area contributed by atoms with Crippen molar-refractivity contribution < 1.29 is 4.42 Å². The summed E-state index contributed by atoms with van der Waals surface area (Å²) < 4.78 is 5.93. The van der Waals surface area contributed by atoms with Crippen LogP contribution < -0.4 is 10.2 Å². The van der Waals surface area contributed by atoms with Crippen LogP contribution in [0.5, 0.6) is 0 Å². The molecular formula is C17H16ClN3O. The molecule has 0 spiro atoms. The van der Waals surface area contributed by atoms with E-state index in [1.165, 1.54) is 0 Å². The van der Waals surface area contributed by atoms with Gasteiger partial charge in [0.15, 0.2) is 5.58 Å². The van der Waals surface area contributed by atoms with Gasteiger partial charge in [0.05, 0.1) is 5.69 Å². The van der Waals surface area contributed by atoms with E-state index in [2.05, 4.69) is 16.3 Å². The molecule has 0 saturated carbocycles. The van der Waals surface area contributed by atoms with Crippen molar-refractivity contribution >= 4 is 28.4 Å². The Morgan fingerprint density at radius 1 is 1.09 bits per heavy atom. The topological polar surface area (TPSA) is 41.3 Å². The lowest BCUT2D eigenvalue weighted by Crippen LogP contribution is -2.43. The second kappa shape index (κ2) is 5.63. The Morgan fingerprint density at radius 2 is 1.91 bits per heavy atom. The second-order valence-corrected chi connectivity index (χ2v) is 5.83. The summed E-state index contributed by atoms with van der Waals surface area (Å²) in [5, 5.41) is 4.05. The van der Waals surface area contributed by atoms with E-state index in [1.807, 2.05) is 36.4 Å². The number of para-hydroxylation sites is 1. The van der Waals surface area contributed by atoms with Gasteiger partial charge in [-0.3, -0.25) is 0 Å². The summed E-state index contributed by atoms with van der Waals surface area (Å²) in [5.41, 5.74) is 3.76. The molecule has 22 heavy (non-hydrogen) atoms. The third kappa shape index (κ3) is 2.45. The molecule has 4 rings (SSSR count). The molecule has 112 valence electrons. The minimum atomic E-state index is 0.611. The summed E-state index contributed by atoms with van der Waals surface area (Å²) in [6.45, 7) is 3.96. The van der Waals surface area contributed by atoms with Gasteiger partial charge < -0.3 is 14.6 Å². The average Bonchev–Trinajstić information content (AvgIpc) is 3.00. The highest BCUT2D eigenvalue weighted by molar-refractivity contribution is 6.30. The molecule has 1 aliphatic heterocycles. The molecule has 2 aromatic carbocycles. The smallest absolute Gasteiger partial charge is 0.227 e. The number of nitrogens with zero attached hydrogens (tertiary/aromatic N) is 2. The van der Waals surface area contributed by atoms with Gasteiger partial charge in [-0.25, -0.2) is 4.98 Å². The maximum absolute atomic E-state index is 6.06. The zero-order valence-electron chi connectivity index (χ0n) is 12.1. The van der Waals surface area contributed by atoms with E-state index in [9.17, 15) is 0 Å². The van der Waals surface area contributed by atoms with Crippen LogP contribution in [-0.2, 0) is 0 Å². The van der Waals surface area contributed by atoms with Gasteiger partial charge in [0.1, 0.15) is 5.52 Å². The zero-order valence-corrected chi connectivity index (χ0v) is 12.8. The fourth-order valence-corrected chi connectivity index (χ4v) is 3.03. The Kier molecular flexibility index (Phi) is 3.48. The number of oxazole rings is 1. The molecule has 0 unspecified atom stereocenters. The van der Waals surface area contributed by atoms with Gasteiger partial charge in [0, 0.05) is 36.8 Å². The monoisotopic (exact) mass is 313 g/mol. The first-order chi connectivity index (χ1) is 10.8. The molecule has 0 amide bonds. The Morgan fingerprint density at radius 3 is 2.73 bits per heavy atom. The van der Waals surface area contributed by atoms with Crippen molar-refractivity contribution in [3.8, 4) is 11.5 Å². The third-order valence-electron chi connectivity index (χ3n) is 3.93. The van der Waals surface area contributed by atoms with Gasteiger partial charge in [0.2, 0.25) is 5.89 Å². The lowest BCUT2D eigenvalue weighted by Gasteiger charge is -2.29. The van der Waals surface area contributed by atoms with Gasteiger partial charge in [0.25, 0.3) is 0 Å². The number of benzene rings is 2. The number of fused-ring (bicyclic) bond motifs is 1. The van der Waals surface area contributed by atoms with Crippen molar-refractivity contribution in [3.05, 3.63) is 47.5 Å². The lowest BCUT2D eigenvalue weighted by molar-refractivity contribution is 0.590. The maximum atomic E-state index is 6.06. The van der Waals surface area contributed by atoms with E-state index in [0.29, 0.717) is 10.9 Å². The molecule has 0 atom stereocenters. The fourth-order valence-electron chi connectivity index (χ4n) is 2.84. The van der Waals surface area contributed by atoms with Crippen molar-refractivity contribution in [3.63, 3.8) is 0 Å². The number of aromatic nitrogens is 1. The molecule has 3 aromatic rings. The van der Waals surface area contributed by atoms with Gasteiger partial charge in [-0.15, -0.1) is 0 Å². The molecule has 0 radical (unpaired) electrons. The molecule has 1 aromatic heterocycles. The van der Waals surface area contributed by atoms with Crippen molar-refractivity contribution in [2.45, 2.75) is 0 Å². The van der Waals surface area contributed by atoms with Crippen LogP contribution in [0, 0.1) is 0 Å². The van der Waals surface area contributed by atoms with E-state index in [4.69, 9.17) is 21.0 Å². The standard InChI is InChI=1S/C17H16ClN3O/c18-13-4-1-3-12(11-13)17-20-16-14(5-2-6-15(16)22-17)21-9-7-19-8-10-21/h1-6,11,19H,7-10H2. The van der Waals surface area contributed by atoms with E-state index in [-0.39, 0.29) is 0 Å². The Hall–Kier alpha value is -2.04. The maximum Gasteiger partial charge on any atom is 0.227 e. The normalized spacial score (nSPS) is 15.4. The van der Waals surface area contributed by atoms with E-state index in [0.717, 1.165) is 48.5 Å². The van der Waals surface area contributed by atoms with Crippen LogP contribution in [0.15, 0.2) is 46.9 Å². The van der Waals surface area contributed by atoms with Gasteiger partial charge >= 0.3 is 0 Å². The fraction of sp³-hybridized carbons (Fsp3) is 0.235.